The number of benzene rings is 1. The van der Waals surface area contributed by atoms with Gasteiger partial charge >= 0.3 is 12.1 Å². The van der Waals surface area contributed by atoms with Crippen molar-refractivity contribution in [3.8, 4) is 0 Å². The van der Waals surface area contributed by atoms with E-state index in [0.29, 0.717) is 12.5 Å². The van der Waals surface area contributed by atoms with E-state index in [9.17, 15) is 22.8 Å². The number of nitrogens with one attached hydrogen (secondary N) is 1. The lowest BCUT2D eigenvalue weighted by atomic mass is 10.0. The number of carboxylic acids is 1. The molecule has 0 aliphatic heterocycles. The van der Waals surface area contributed by atoms with E-state index in [2.05, 4.69) is 0 Å². The van der Waals surface area contributed by atoms with E-state index >= 15 is 0 Å². The molecule has 1 atom stereocenters. The van der Waals surface area contributed by atoms with Gasteiger partial charge in [0.1, 0.15) is 0 Å². The predicted octanol–water partition coefficient (Wildman–Crippen LogP) is 2.22. The molecule has 7 heteroatoms. The molecule has 0 saturated carbocycles. The van der Waals surface area contributed by atoms with E-state index < -0.39 is 23.6 Å². The SMILES string of the molecule is CC(NC(=O)C=Cc1ccccc1)(C(=O)O)C(F)(F)F. The highest BCUT2D eigenvalue weighted by Gasteiger charge is 2.58. The molecule has 0 fully saturated rings. The van der Waals surface area contributed by atoms with Crippen LogP contribution in [-0.2, 0) is 9.59 Å². The Bertz CT molecular complexity index is 525. The molecule has 0 aliphatic rings. The van der Waals surface area contributed by atoms with Crippen molar-refractivity contribution in [3.63, 3.8) is 0 Å². The molecular weight excluding hydrogens is 275 g/mol. The van der Waals surface area contributed by atoms with Crippen LogP contribution >= 0.6 is 0 Å². The molecular formula is C13H12F3NO3. The van der Waals surface area contributed by atoms with E-state index in [1.54, 1.807) is 30.3 Å². The summed E-state index contributed by atoms with van der Waals surface area (Å²) < 4.78 is 38.0. The summed E-state index contributed by atoms with van der Waals surface area (Å²) in [5, 5.41) is 10.1. The highest BCUT2D eigenvalue weighted by atomic mass is 19.4. The number of halogens is 3. The van der Waals surface area contributed by atoms with Crippen molar-refractivity contribution in [1.82, 2.24) is 5.32 Å². The van der Waals surface area contributed by atoms with Gasteiger partial charge in [0.2, 0.25) is 11.4 Å². The maximum atomic E-state index is 12.7. The predicted molar refractivity (Wildman–Crippen MR) is 65.7 cm³/mol. The number of rotatable bonds is 4. The molecule has 1 unspecified atom stereocenters. The molecule has 0 spiro atoms. The number of aliphatic carboxylic acids is 1. The number of carbonyl (C=O) groups is 2. The normalized spacial score (nSPS) is 14.8. The summed E-state index contributed by atoms with van der Waals surface area (Å²) in [7, 11) is 0. The zero-order chi connectivity index (χ0) is 15.4. The lowest BCUT2D eigenvalue weighted by molar-refractivity contribution is -0.206. The van der Waals surface area contributed by atoms with Crippen LogP contribution in [-0.4, -0.2) is 28.7 Å². The molecule has 2 N–H and O–H groups in total. The van der Waals surface area contributed by atoms with Crippen LogP contribution in [0.25, 0.3) is 6.08 Å². The average molecular weight is 287 g/mol. The quantitative estimate of drug-likeness (QED) is 0.834. The number of alkyl halides is 3. The first-order valence-corrected chi connectivity index (χ1v) is 5.52. The van der Waals surface area contributed by atoms with Gasteiger partial charge in [0.15, 0.2) is 0 Å². The average Bonchev–Trinajstić information content (AvgIpc) is 2.36. The first-order chi connectivity index (χ1) is 9.17. The van der Waals surface area contributed by atoms with Crippen molar-refractivity contribution < 1.29 is 27.9 Å². The summed E-state index contributed by atoms with van der Waals surface area (Å²) in [5.41, 5.74) is -2.72. The summed E-state index contributed by atoms with van der Waals surface area (Å²) in [6.07, 6.45) is -2.97. The van der Waals surface area contributed by atoms with Crippen LogP contribution < -0.4 is 5.32 Å². The van der Waals surface area contributed by atoms with Gasteiger partial charge in [-0.25, -0.2) is 4.79 Å². The molecule has 0 saturated heterocycles. The fourth-order valence-corrected chi connectivity index (χ4v) is 1.27. The summed E-state index contributed by atoms with van der Waals surface area (Å²) >= 11 is 0. The molecule has 0 aromatic heterocycles. The Hall–Kier alpha value is -2.31. The van der Waals surface area contributed by atoms with Crippen molar-refractivity contribution in [2.24, 2.45) is 0 Å². The minimum absolute atomic E-state index is 0.392. The maximum absolute atomic E-state index is 12.7. The minimum atomic E-state index is -5.10. The van der Waals surface area contributed by atoms with Crippen LogP contribution in [0.15, 0.2) is 36.4 Å². The molecule has 0 aliphatic carbocycles. The fraction of sp³-hybridized carbons (Fsp3) is 0.231. The topological polar surface area (TPSA) is 66.4 Å². The third-order valence-corrected chi connectivity index (χ3v) is 2.59. The van der Waals surface area contributed by atoms with Crippen LogP contribution in [0.2, 0.25) is 0 Å². The number of hydrogen-bond acceptors (Lipinski definition) is 2. The Kier molecular flexibility index (Phi) is 4.54. The molecule has 108 valence electrons. The molecule has 0 radical (unpaired) electrons. The zero-order valence-electron chi connectivity index (χ0n) is 10.4. The first-order valence-electron chi connectivity index (χ1n) is 5.52. The Morgan fingerprint density at radius 1 is 1.20 bits per heavy atom. The van der Waals surface area contributed by atoms with Gasteiger partial charge in [-0.1, -0.05) is 30.3 Å². The van der Waals surface area contributed by atoms with Gasteiger partial charge < -0.3 is 10.4 Å². The molecule has 0 heterocycles. The summed E-state index contributed by atoms with van der Waals surface area (Å²) in [4.78, 5) is 22.1. The third-order valence-electron chi connectivity index (χ3n) is 2.59. The van der Waals surface area contributed by atoms with Crippen LogP contribution in [0.1, 0.15) is 12.5 Å². The van der Waals surface area contributed by atoms with Gasteiger partial charge in [-0.3, -0.25) is 4.79 Å². The monoisotopic (exact) mass is 287 g/mol. The summed E-state index contributed by atoms with van der Waals surface area (Å²) in [6.45, 7) is 0.392. The van der Waals surface area contributed by atoms with E-state index in [0.717, 1.165) is 6.08 Å². The van der Waals surface area contributed by atoms with Crippen LogP contribution in [0.5, 0.6) is 0 Å². The second-order valence-electron chi connectivity index (χ2n) is 4.16. The minimum Gasteiger partial charge on any atom is -0.479 e. The smallest absolute Gasteiger partial charge is 0.422 e. The highest BCUT2D eigenvalue weighted by molar-refractivity contribution is 5.96. The second-order valence-corrected chi connectivity index (χ2v) is 4.16. The molecule has 1 aromatic rings. The largest absolute Gasteiger partial charge is 0.479 e. The summed E-state index contributed by atoms with van der Waals surface area (Å²) in [5.74, 6) is -3.32. The number of hydrogen-bond donors (Lipinski definition) is 2. The van der Waals surface area contributed by atoms with Gasteiger partial charge in [-0.05, 0) is 18.6 Å². The number of carboxylic acid groups (broad SMARTS) is 1. The van der Waals surface area contributed by atoms with Gasteiger partial charge in [0, 0.05) is 6.08 Å². The molecule has 1 aromatic carbocycles. The van der Waals surface area contributed by atoms with E-state index in [-0.39, 0.29) is 0 Å². The second kappa shape index (κ2) is 5.77. The summed E-state index contributed by atoms with van der Waals surface area (Å²) in [6, 6.07) is 8.40. The number of amides is 1. The first kappa shape index (κ1) is 15.7. The fourth-order valence-electron chi connectivity index (χ4n) is 1.27. The molecule has 1 amide bonds. The van der Waals surface area contributed by atoms with E-state index in [1.165, 1.54) is 11.4 Å². The Labute approximate surface area is 112 Å². The molecule has 20 heavy (non-hydrogen) atoms. The van der Waals surface area contributed by atoms with Gasteiger partial charge in [0.05, 0.1) is 0 Å². The Morgan fingerprint density at radius 3 is 2.20 bits per heavy atom. The third kappa shape index (κ3) is 3.59. The highest BCUT2D eigenvalue weighted by Crippen LogP contribution is 2.30. The Morgan fingerprint density at radius 2 is 1.75 bits per heavy atom. The van der Waals surface area contributed by atoms with E-state index in [4.69, 9.17) is 5.11 Å². The lowest BCUT2D eigenvalue weighted by Gasteiger charge is -2.27. The zero-order valence-corrected chi connectivity index (χ0v) is 10.4. The van der Waals surface area contributed by atoms with Crippen molar-refractivity contribution in [2.45, 2.75) is 18.6 Å². The standard InChI is InChI=1S/C13H12F3NO3/c1-12(11(19)20,13(14,15)16)17-10(18)8-7-9-5-3-2-4-6-9/h2-8H,1H3,(H,17,18)(H,19,20). The lowest BCUT2D eigenvalue weighted by Crippen LogP contribution is -2.61. The molecule has 4 nitrogen and oxygen atoms in total. The van der Waals surface area contributed by atoms with Crippen molar-refractivity contribution in [2.75, 3.05) is 0 Å². The van der Waals surface area contributed by atoms with Gasteiger partial charge in [0.25, 0.3) is 0 Å². The molecule has 0 bridgehead atoms. The number of carbonyl (C=O) groups excluding carboxylic acids is 1. The van der Waals surface area contributed by atoms with Crippen LogP contribution in [0, 0.1) is 0 Å². The van der Waals surface area contributed by atoms with E-state index in [1.807, 2.05) is 0 Å². The maximum Gasteiger partial charge on any atom is 0.422 e. The van der Waals surface area contributed by atoms with Crippen molar-refractivity contribution in [3.05, 3.63) is 42.0 Å². The van der Waals surface area contributed by atoms with Crippen LogP contribution in [0.4, 0.5) is 13.2 Å². The molecule has 1 rings (SSSR count). The van der Waals surface area contributed by atoms with Crippen molar-refractivity contribution >= 4 is 18.0 Å². The van der Waals surface area contributed by atoms with Crippen LogP contribution in [0.3, 0.4) is 0 Å². The van der Waals surface area contributed by atoms with Gasteiger partial charge in [-0.15, -0.1) is 0 Å². The Balaban J connectivity index is 2.84. The van der Waals surface area contributed by atoms with Gasteiger partial charge in [-0.2, -0.15) is 13.2 Å². The van der Waals surface area contributed by atoms with Crippen molar-refractivity contribution in [1.29, 1.82) is 0 Å².